The largest absolute Gasteiger partial charge is 0.455 e. The smallest absolute Gasteiger partial charge is 0.143 e. The molecular formula is C70H51NO. The van der Waals surface area contributed by atoms with Gasteiger partial charge in [0.05, 0.1) is 0 Å². The zero-order chi connectivity index (χ0) is 48.3. The van der Waals surface area contributed by atoms with Crippen LogP contribution in [-0.2, 0) is 10.8 Å². The lowest BCUT2D eigenvalue weighted by Crippen LogP contribution is -2.18. The first kappa shape index (κ1) is 42.2. The minimum absolute atomic E-state index is 0.221. The number of hydrogen-bond donors (Lipinski definition) is 0. The summed E-state index contributed by atoms with van der Waals surface area (Å²) >= 11 is 0. The monoisotopic (exact) mass is 921 g/mol. The summed E-state index contributed by atoms with van der Waals surface area (Å²) in [7, 11) is 0. The highest BCUT2D eigenvalue weighted by atomic mass is 16.3. The van der Waals surface area contributed by atoms with Crippen LogP contribution in [0.3, 0.4) is 0 Å². The van der Waals surface area contributed by atoms with E-state index in [-0.39, 0.29) is 10.8 Å². The van der Waals surface area contributed by atoms with Gasteiger partial charge in [0, 0.05) is 44.2 Å². The molecule has 0 saturated heterocycles. The molecule has 2 heteroatoms. The molecule has 0 atom stereocenters. The highest BCUT2D eigenvalue weighted by molar-refractivity contribution is 6.09. The van der Waals surface area contributed by atoms with E-state index in [0.717, 1.165) is 44.6 Å². The van der Waals surface area contributed by atoms with Crippen molar-refractivity contribution < 1.29 is 4.42 Å². The molecular weight excluding hydrogens is 871 g/mol. The fourth-order valence-electron chi connectivity index (χ4n) is 12.2. The van der Waals surface area contributed by atoms with Crippen molar-refractivity contribution in [3.8, 4) is 66.8 Å². The molecule has 342 valence electrons. The minimum atomic E-state index is -0.260. The van der Waals surface area contributed by atoms with E-state index < -0.39 is 0 Å². The van der Waals surface area contributed by atoms with Crippen molar-refractivity contribution in [2.24, 2.45) is 0 Å². The Bertz CT molecular complexity index is 4130. The highest BCUT2D eigenvalue weighted by Gasteiger charge is 2.38. The van der Waals surface area contributed by atoms with Crippen molar-refractivity contribution in [2.45, 2.75) is 38.5 Å². The number of para-hydroxylation sites is 2. The van der Waals surface area contributed by atoms with Gasteiger partial charge in [-0.3, -0.25) is 0 Å². The van der Waals surface area contributed by atoms with Crippen LogP contribution in [0.15, 0.2) is 241 Å². The number of nitrogens with zero attached hydrogens (tertiary/aromatic N) is 1. The van der Waals surface area contributed by atoms with Crippen LogP contribution in [0.25, 0.3) is 99.5 Å². The van der Waals surface area contributed by atoms with Gasteiger partial charge in [0.1, 0.15) is 11.2 Å². The molecule has 0 spiro atoms. The second kappa shape index (κ2) is 15.9. The molecule has 0 fully saturated rings. The summed E-state index contributed by atoms with van der Waals surface area (Å²) in [6.07, 6.45) is 0. The van der Waals surface area contributed by atoms with Gasteiger partial charge in [-0.05, 0) is 155 Å². The fourth-order valence-corrected chi connectivity index (χ4v) is 12.2. The Kier molecular flexibility index (Phi) is 9.32. The van der Waals surface area contributed by atoms with E-state index in [2.05, 4.69) is 263 Å². The van der Waals surface area contributed by atoms with Crippen molar-refractivity contribution >= 4 is 49.8 Å². The Morgan fingerprint density at radius 1 is 0.292 bits per heavy atom. The third kappa shape index (κ3) is 6.56. The fraction of sp³-hybridized carbons (Fsp3) is 0.0857. The predicted molar refractivity (Wildman–Crippen MR) is 303 cm³/mol. The van der Waals surface area contributed by atoms with E-state index in [4.69, 9.17) is 4.42 Å². The van der Waals surface area contributed by atoms with Crippen LogP contribution < -0.4 is 4.90 Å². The van der Waals surface area contributed by atoms with Gasteiger partial charge in [0.15, 0.2) is 0 Å². The molecule has 2 aliphatic rings. The van der Waals surface area contributed by atoms with Crippen molar-refractivity contribution in [3.63, 3.8) is 0 Å². The molecule has 0 aliphatic heterocycles. The zero-order valence-electron chi connectivity index (χ0n) is 40.9. The Hall–Kier alpha value is -8.72. The van der Waals surface area contributed by atoms with Crippen LogP contribution in [0.4, 0.5) is 17.1 Å². The molecule has 0 bridgehead atoms. The maximum Gasteiger partial charge on any atom is 0.143 e. The van der Waals surface area contributed by atoms with Gasteiger partial charge in [0.2, 0.25) is 0 Å². The van der Waals surface area contributed by atoms with Gasteiger partial charge in [-0.15, -0.1) is 0 Å². The third-order valence-electron chi connectivity index (χ3n) is 16.1. The average molecular weight is 922 g/mol. The Morgan fingerprint density at radius 3 is 1.39 bits per heavy atom. The molecule has 2 aliphatic carbocycles. The van der Waals surface area contributed by atoms with E-state index in [9.17, 15) is 0 Å². The van der Waals surface area contributed by atoms with Crippen LogP contribution in [0.5, 0.6) is 0 Å². The van der Waals surface area contributed by atoms with Crippen molar-refractivity contribution in [1.82, 2.24) is 0 Å². The Labute approximate surface area is 421 Å². The number of hydrogen-bond acceptors (Lipinski definition) is 2. The maximum absolute atomic E-state index is 6.54. The number of furan rings is 1. The molecule has 2 nitrogen and oxygen atoms in total. The van der Waals surface area contributed by atoms with Gasteiger partial charge >= 0.3 is 0 Å². The van der Waals surface area contributed by atoms with E-state index >= 15 is 0 Å². The van der Waals surface area contributed by atoms with Crippen LogP contribution in [-0.4, -0.2) is 0 Å². The van der Waals surface area contributed by atoms with Crippen molar-refractivity contribution in [2.75, 3.05) is 4.90 Å². The second-order valence-corrected chi connectivity index (χ2v) is 20.9. The number of anilines is 3. The zero-order valence-corrected chi connectivity index (χ0v) is 40.9. The molecule has 0 unspecified atom stereocenters. The first-order valence-corrected chi connectivity index (χ1v) is 25.2. The van der Waals surface area contributed by atoms with E-state index in [1.54, 1.807) is 0 Å². The first-order valence-electron chi connectivity index (χ1n) is 25.2. The summed E-state index contributed by atoms with van der Waals surface area (Å²) in [5, 5.41) is 4.82. The number of rotatable bonds is 7. The molecule has 1 aromatic heterocycles. The number of fused-ring (bicyclic) bond motifs is 10. The third-order valence-corrected chi connectivity index (χ3v) is 16.1. The van der Waals surface area contributed by atoms with Gasteiger partial charge < -0.3 is 9.32 Å². The van der Waals surface area contributed by atoms with Crippen LogP contribution in [0.2, 0.25) is 0 Å². The predicted octanol–water partition coefficient (Wildman–Crippen LogP) is 19.5. The SMILES string of the molecule is CC1(C)c2cc(-c3ccc4ccccc4c3)ccc2-c2ccc(N(c3ccc(-c4ccc(-c5ccccc5)cc4)cc3)c3ccc4c(c3)C(C)(C)c3cc(-c5cccc6c5oc5ccccc56)ccc3-4)cc21. The highest BCUT2D eigenvalue weighted by Crippen LogP contribution is 2.54. The second-order valence-electron chi connectivity index (χ2n) is 20.9. The normalized spacial score (nSPS) is 13.8. The lowest BCUT2D eigenvalue weighted by molar-refractivity contribution is 0.660. The molecule has 11 aromatic carbocycles. The molecule has 0 amide bonds. The lowest BCUT2D eigenvalue weighted by Gasteiger charge is -2.30. The summed E-state index contributed by atoms with van der Waals surface area (Å²) in [4.78, 5) is 2.47. The molecule has 12 aromatic rings. The molecule has 72 heavy (non-hydrogen) atoms. The maximum atomic E-state index is 6.54. The Balaban J connectivity index is 0.859. The van der Waals surface area contributed by atoms with Crippen LogP contribution in [0.1, 0.15) is 49.9 Å². The topological polar surface area (TPSA) is 16.4 Å². The first-order chi connectivity index (χ1) is 35.2. The molecule has 14 rings (SSSR count). The lowest BCUT2D eigenvalue weighted by atomic mass is 9.81. The van der Waals surface area contributed by atoms with E-state index in [1.165, 1.54) is 94.2 Å². The van der Waals surface area contributed by atoms with Gasteiger partial charge in [-0.1, -0.05) is 204 Å². The summed E-state index contributed by atoms with van der Waals surface area (Å²) in [6.45, 7) is 9.56. The Morgan fingerprint density at radius 2 is 0.736 bits per heavy atom. The minimum Gasteiger partial charge on any atom is -0.455 e. The van der Waals surface area contributed by atoms with Crippen molar-refractivity contribution in [3.05, 3.63) is 259 Å². The standard InChI is InChI=1S/C70H51NO/c1-69(2)63-40-51(50-26-25-45-15-8-9-16-49(45)39-50)29-35-57(63)59-37-33-54(42-65(59)69)71(53-31-27-48(28-32-53)47-23-21-46(22-24-47)44-13-6-5-7-14-44)55-34-38-60-58-36-30-52(41-64(58)70(3,4)66(60)43-55)56-18-12-19-62-61-17-10-11-20-67(61)72-68(56)62/h5-43H,1-4H3. The van der Waals surface area contributed by atoms with Gasteiger partial charge in [0.25, 0.3) is 0 Å². The quantitative estimate of drug-likeness (QED) is 0.158. The molecule has 0 radical (unpaired) electrons. The van der Waals surface area contributed by atoms with Crippen LogP contribution in [0, 0.1) is 0 Å². The summed E-state index contributed by atoms with van der Waals surface area (Å²) in [5.74, 6) is 0. The average Bonchev–Trinajstić information content (AvgIpc) is 4.00. The van der Waals surface area contributed by atoms with Gasteiger partial charge in [-0.25, -0.2) is 0 Å². The summed E-state index contributed by atoms with van der Waals surface area (Å²) in [5.41, 5.74) is 24.9. The molecule has 1 heterocycles. The summed E-state index contributed by atoms with van der Waals surface area (Å²) < 4.78 is 6.54. The van der Waals surface area contributed by atoms with E-state index in [1.807, 2.05) is 6.07 Å². The van der Waals surface area contributed by atoms with Crippen molar-refractivity contribution in [1.29, 1.82) is 0 Å². The summed E-state index contributed by atoms with van der Waals surface area (Å²) in [6, 6.07) is 87.4. The number of benzene rings is 11. The van der Waals surface area contributed by atoms with Crippen LogP contribution >= 0.6 is 0 Å². The van der Waals surface area contributed by atoms with Gasteiger partial charge in [-0.2, -0.15) is 0 Å². The molecule has 0 saturated carbocycles. The van der Waals surface area contributed by atoms with E-state index in [0.29, 0.717) is 0 Å². The molecule has 0 N–H and O–H groups in total.